The van der Waals surface area contributed by atoms with Crippen LogP contribution in [-0.4, -0.2) is 26.7 Å². The number of methoxy groups -OCH3 is 2. The summed E-state index contributed by atoms with van der Waals surface area (Å²) in [6.45, 7) is 2.15. The Morgan fingerprint density at radius 3 is 2.57 bits per heavy atom. The molecule has 0 saturated carbocycles. The van der Waals surface area contributed by atoms with Crippen molar-refractivity contribution in [1.29, 1.82) is 0 Å². The number of amides is 1. The molecule has 2 rings (SSSR count). The highest BCUT2D eigenvalue weighted by atomic mass is 79.9. The fourth-order valence-electron chi connectivity index (χ4n) is 2.04. The van der Waals surface area contributed by atoms with E-state index in [9.17, 15) is 4.79 Å². The number of benzene rings is 2. The summed E-state index contributed by atoms with van der Waals surface area (Å²) in [6.07, 6.45) is 0. The van der Waals surface area contributed by atoms with E-state index in [1.165, 1.54) is 0 Å². The Morgan fingerprint density at radius 1 is 1.13 bits per heavy atom. The van der Waals surface area contributed by atoms with Gasteiger partial charge < -0.3 is 20.1 Å². The molecule has 122 valence electrons. The van der Waals surface area contributed by atoms with Crippen molar-refractivity contribution < 1.29 is 14.3 Å². The molecule has 2 aromatic rings. The first-order valence-corrected chi connectivity index (χ1v) is 7.84. The van der Waals surface area contributed by atoms with Gasteiger partial charge in [-0.2, -0.15) is 0 Å². The highest BCUT2D eigenvalue weighted by molar-refractivity contribution is 9.10. The van der Waals surface area contributed by atoms with Gasteiger partial charge in [0, 0.05) is 16.2 Å². The van der Waals surface area contributed by atoms with Gasteiger partial charge in [0.15, 0.2) is 0 Å². The summed E-state index contributed by atoms with van der Waals surface area (Å²) in [5.74, 6) is 1.06. The molecule has 0 saturated heterocycles. The molecule has 5 nitrogen and oxygen atoms in total. The molecule has 0 aromatic heterocycles. The second-order valence-electron chi connectivity index (χ2n) is 4.93. The number of anilines is 2. The Balaban J connectivity index is 2.00. The molecule has 0 fully saturated rings. The van der Waals surface area contributed by atoms with E-state index in [0.29, 0.717) is 17.2 Å². The minimum Gasteiger partial charge on any atom is -0.497 e. The van der Waals surface area contributed by atoms with Crippen molar-refractivity contribution in [3.8, 4) is 11.5 Å². The fraction of sp³-hybridized carbons (Fsp3) is 0.235. The molecule has 0 unspecified atom stereocenters. The van der Waals surface area contributed by atoms with Crippen LogP contribution in [0.5, 0.6) is 11.5 Å². The number of carbonyl (C=O) groups excluding carboxylic acids is 1. The van der Waals surface area contributed by atoms with Gasteiger partial charge in [-0.1, -0.05) is 15.9 Å². The molecule has 2 N–H and O–H groups in total. The minimum atomic E-state index is -0.169. The van der Waals surface area contributed by atoms with Gasteiger partial charge in [0.05, 0.1) is 26.5 Å². The maximum Gasteiger partial charge on any atom is 0.243 e. The lowest BCUT2D eigenvalue weighted by atomic mass is 10.2. The summed E-state index contributed by atoms with van der Waals surface area (Å²) >= 11 is 3.45. The van der Waals surface area contributed by atoms with Crippen LogP contribution in [0.4, 0.5) is 11.4 Å². The first-order valence-electron chi connectivity index (χ1n) is 7.05. The number of aryl methyl sites for hydroxylation is 1. The van der Waals surface area contributed by atoms with E-state index in [-0.39, 0.29) is 12.5 Å². The van der Waals surface area contributed by atoms with E-state index in [0.717, 1.165) is 15.7 Å². The third-order valence-corrected chi connectivity index (χ3v) is 4.18. The van der Waals surface area contributed by atoms with Gasteiger partial charge >= 0.3 is 0 Å². The molecule has 0 atom stereocenters. The van der Waals surface area contributed by atoms with E-state index in [2.05, 4.69) is 26.6 Å². The molecule has 0 heterocycles. The average molecular weight is 379 g/mol. The van der Waals surface area contributed by atoms with Crippen molar-refractivity contribution in [2.24, 2.45) is 0 Å². The summed E-state index contributed by atoms with van der Waals surface area (Å²) < 4.78 is 11.4. The zero-order valence-electron chi connectivity index (χ0n) is 13.3. The lowest BCUT2D eigenvalue weighted by Gasteiger charge is -2.13. The molecule has 0 spiro atoms. The molecular weight excluding hydrogens is 360 g/mol. The molecule has 6 heteroatoms. The molecule has 0 bridgehead atoms. The number of hydrogen-bond acceptors (Lipinski definition) is 4. The quantitative estimate of drug-likeness (QED) is 0.801. The molecule has 0 radical (unpaired) electrons. The SMILES string of the molecule is COc1ccc(OC)c(NC(=O)CNc2ccc(Br)c(C)c2)c1. The standard InChI is InChI=1S/C17H19BrN2O3/c1-11-8-12(4-6-14(11)18)19-10-17(21)20-15-9-13(22-2)5-7-16(15)23-3/h4-9,19H,10H2,1-3H3,(H,20,21). The second kappa shape index (κ2) is 7.87. The first kappa shape index (κ1) is 17.1. The maximum atomic E-state index is 12.1. The Bertz CT molecular complexity index is 704. The third kappa shape index (κ3) is 4.63. The predicted molar refractivity (Wildman–Crippen MR) is 95.5 cm³/mol. The van der Waals surface area contributed by atoms with Crippen LogP contribution in [0.3, 0.4) is 0 Å². The Labute approximate surface area is 144 Å². The molecule has 0 aliphatic rings. The zero-order valence-corrected chi connectivity index (χ0v) is 14.9. The summed E-state index contributed by atoms with van der Waals surface area (Å²) in [4.78, 5) is 12.1. The summed E-state index contributed by atoms with van der Waals surface area (Å²) in [7, 11) is 3.13. The van der Waals surface area contributed by atoms with Gasteiger partial charge in [0.1, 0.15) is 11.5 Å². The van der Waals surface area contributed by atoms with Crippen molar-refractivity contribution >= 4 is 33.2 Å². The Morgan fingerprint density at radius 2 is 1.91 bits per heavy atom. The monoisotopic (exact) mass is 378 g/mol. The van der Waals surface area contributed by atoms with Gasteiger partial charge in [0.25, 0.3) is 0 Å². The molecule has 2 aromatic carbocycles. The van der Waals surface area contributed by atoms with Crippen LogP contribution < -0.4 is 20.1 Å². The summed E-state index contributed by atoms with van der Waals surface area (Å²) in [5.41, 5.74) is 2.56. The van der Waals surface area contributed by atoms with Crippen LogP contribution in [-0.2, 0) is 4.79 Å². The number of ether oxygens (including phenoxy) is 2. The lowest BCUT2D eigenvalue weighted by Crippen LogP contribution is -2.22. The van der Waals surface area contributed by atoms with Crippen LogP contribution in [0.2, 0.25) is 0 Å². The normalized spacial score (nSPS) is 10.1. The fourth-order valence-corrected chi connectivity index (χ4v) is 2.29. The number of hydrogen-bond donors (Lipinski definition) is 2. The summed E-state index contributed by atoms with van der Waals surface area (Å²) in [6, 6.07) is 11.1. The van der Waals surface area contributed by atoms with E-state index in [1.54, 1.807) is 32.4 Å². The van der Waals surface area contributed by atoms with Gasteiger partial charge in [-0.3, -0.25) is 4.79 Å². The molecular formula is C17H19BrN2O3. The molecule has 1 amide bonds. The topological polar surface area (TPSA) is 59.6 Å². The maximum absolute atomic E-state index is 12.1. The average Bonchev–Trinajstić information content (AvgIpc) is 2.55. The largest absolute Gasteiger partial charge is 0.497 e. The van der Waals surface area contributed by atoms with Crippen molar-refractivity contribution in [1.82, 2.24) is 0 Å². The Hall–Kier alpha value is -2.21. The molecule has 0 aliphatic heterocycles. The number of rotatable bonds is 6. The smallest absolute Gasteiger partial charge is 0.243 e. The van der Waals surface area contributed by atoms with Crippen LogP contribution >= 0.6 is 15.9 Å². The van der Waals surface area contributed by atoms with E-state index >= 15 is 0 Å². The van der Waals surface area contributed by atoms with E-state index in [4.69, 9.17) is 9.47 Å². The second-order valence-corrected chi connectivity index (χ2v) is 5.79. The van der Waals surface area contributed by atoms with E-state index < -0.39 is 0 Å². The van der Waals surface area contributed by atoms with Crippen LogP contribution in [0, 0.1) is 6.92 Å². The third-order valence-electron chi connectivity index (χ3n) is 3.29. The van der Waals surface area contributed by atoms with Gasteiger partial charge in [-0.05, 0) is 42.8 Å². The van der Waals surface area contributed by atoms with Crippen LogP contribution in [0.1, 0.15) is 5.56 Å². The van der Waals surface area contributed by atoms with Gasteiger partial charge in [-0.15, -0.1) is 0 Å². The summed E-state index contributed by atoms with van der Waals surface area (Å²) in [5, 5.41) is 5.91. The molecule has 0 aliphatic carbocycles. The van der Waals surface area contributed by atoms with Crippen molar-refractivity contribution in [3.63, 3.8) is 0 Å². The van der Waals surface area contributed by atoms with Crippen molar-refractivity contribution in [2.45, 2.75) is 6.92 Å². The zero-order chi connectivity index (χ0) is 16.8. The number of halogens is 1. The highest BCUT2D eigenvalue weighted by Gasteiger charge is 2.09. The predicted octanol–water partition coefficient (Wildman–Crippen LogP) is 3.83. The molecule has 23 heavy (non-hydrogen) atoms. The van der Waals surface area contributed by atoms with Crippen molar-refractivity contribution in [2.75, 3.05) is 31.4 Å². The lowest BCUT2D eigenvalue weighted by molar-refractivity contribution is -0.114. The van der Waals surface area contributed by atoms with Crippen molar-refractivity contribution in [3.05, 3.63) is 46.4 Å². The number of carbonyl (C=O) groups is 1. The van der Waals surface area contributed by atoms with Gasteiger partial charge in [0.2, 0.25) is 5.91 Å². The first-order chi connectivity index (χ1) is 11.0. The number of nitrogens with one attached hydrogen (secondary N) is 2. The Kier molecular flexibility index (Phi) is 5.87. The van der Waals surface area contributed by atoms with Crippen LogP contribution in [0.15, 0.2) is 40.9 Å². The van der Waals surface area contributed by atoms with Crippen LogP contribution in [0.25, 0.3) is 0 Å². The van der Waals surface area contributed by atoms with E-state index in [1.807, 2.05) is 25.1 Å². The minimum absolute atomic E-state index is 0.154. The van der Waals surface area contributed by atoms with Gasteiger partial charge in [-0.25, -0.2) is 0 Å². The highest BCUT2D eigenvalue weighted by Crippen LogP contribution is 2.28.